The lowest BCUT2D eigenvalue weighted by Crippen LogP contribution is -2.13. The molecule has 0 saturated carbocycles. The maximum atomic E-state index is 14.1. The Bertz CT molecular complexity index is 6220. The van der Waals surface area contributed by atoms with E-state index in [9.17, 15) is 41.3 Å². The van der Waals surface area contributed by atoms with Gasteiger partial charge in [-0.2, -0.15) is 15.0 Å². The minimum atomic E-state index is -3.94. The van der Waals surface area contributed by atoms with E-state index in [2.05, 4.69) is 64.6 Å². The third kappa shape index (κ3) is 23.5. The van der Waals surface area contributed by atoms with Gasteiger partial charge in [-0.05, 0) is 106 Å². The zero-order valence-electron chi connectivity index (χ0n) is 68.0. The lowest BCUT2D eigenvalue weighted by Gasteiger charge is -2.19. The second-order valence-corrected chi connectivity index (χ2v) is 34.1. The average Bonchev–Trinajstić information content (AvgIpc) is 1.68. The van der Waals surface area contributed by atoms with Crippen LogP contribution in [0.5, 0.6) is 0 Å². The van der Waals surface area contributed by atoms with E-state index in [-0.39, 0.29) is 166 Å². The Morgan fingerprint density at radius 2 is 0.664 bits per heavy atom. The number of ether oxygens (including phenoxy) is 9. The first-order chi connectivity index (χ1) is 59.9. The number of fused-ring (bicyclic) bond motifs is 3. The van der Waals surface area contributed by atoms with Crippen molar-refractivity contribution in [2.24, 2.45) is 0 Å². The largest absolute Gasteiger partial charge is 0.424 e. The molecule has 36 nitrogen and oxygen atoms in total. The standard InChI is InChI=1S/2C28H29FN5O7P.C27H27FN5O7P/c2*1-17-4-8-21(9-5-17)25-23(40-19(3)41-25)14-39-42(36,38-13-20-7-6-18(2)22(29)12-20)16-37-11-10-34-15-31-24-26(34)32-28(30)33-27(24)35;1-17-8-9-19(12-21(17)28)13-37-41(35,38-14-22-24(40-18(2)39-22)20-6-4-3-5-7-20)16-36-11-10-33-15-30-23-25(33)31-27(29)32-26(23)34/h2*4-9,12,15H,3,10-11,13-14,16H2,1-2H3,(H3,30,32,33,35);3-9,12,15H,2,10-11,13-14,16H2,1H3,(H3,29,31,32,34). The lowest BCUT2D eigenvalue weighted by molar-refractivity contribution is 0.114. The lowest BCUT2D eigenvalue weighted by atomic mass is 10.1. The molecule has 3 aliphatic heterocycles. The van der Waals surface area contributed by atoms with Gasteiger partial charge >= 0.3 is 22.8 Å². The zero-order valence-corrected chi connectivity index (χ0v) is 70.7. The van der Waals surface area contributed by atoms with E-state index in [1.165, 1.54) is 37.2 Å². The monoisotopic (exact) mass is 1780 g/mol. The molecule has 9 heterocycles. The fraction of sp³-hybridized carbons (Fsp3) is 0.241. The molecule has 15 rings (SSSR count). The van der Waals surface area contributed by atoms with Crippen LogP contribution in [0.2, 0.25) is 0 Å². The van der Waals surface area contributed by atoms with E-state index < -0.39 is 76.0 Å². The molecule has 0 radical (unpaired) electrons. The van der Waals surface area contributed by atoms with Gasteiger partial charge in [0.1, 0.15) is 56.3 Å². The number of aromatic amines is 3. The van der Waals surface area contributed by atoms with Crippen molar-refractivity contribution in [3.8, 4) is 0 Å². The molecule has 9 N–H and O–H groups in total. The number of aryl methyl sites for hydroxylation is 5. The first-order valence-electron chi connectivity index (χ1n) is 38.2. The first kappa shape index (κ1) is 89.9. The molecule has 0 aliphatic carbocycles. The molecular weight excluding hydrogens is 1690 g/mol. The predicted octanol–water partition coefficient (Wildman–Crippen LogP) is 13.9. The number of H-pyrrole nitrogens is 3. The van der Waals surface area contributed by atoms with Crippen molar-refractivity contribution in [3.63, 3.8) is 0 Å². The van der Waals surface area contributed by atoms with Gasteiger partial charge in [0.05, 0.1) is 58.6 Å². The number of nitrogens with zero attached hydrogens (tertiary/aromatic N) is 9. The van der Waals surface area contributed by atoms with Crippen molar-refractivity contribution < 1.29 is 96.6 Å². The van der Waals surface area contributed by atoms with Gasteiger partial charge in [0.25, 0.3) is 34.5 Å². The van der Waals surface area contributed by atoms with Crippen LogP contribution >= 0.6 is 22.8 Å². The fourth-order valence-electron chi connectivity index (χ4n) is 12.0. The number of nitrogens with two attached hydrogens (primary N) is 3. The highest BCUT2D eigenvalue weighted by molar-refractivity contribution is 7.54. The van der Waals surface area contributed by atoms with Crippen LogP contribution in [0.1, 0.15) is 61.2 Å². The van der Waals surface area contributed by atoms with Gasteiger partial charge in [0, 0.05) is 36.3 Å². The number of nitrogen functional groups attached to an aromatic ring is 3. The summed E-state index contributed by atoms with van der Waals surface area (Å²) in [7, 11) is -11.8. The van der Waals surface area contributed by atoms with Crippen molar-refractivity contribution in [2.45, 2.75) is 74.1 Å². The summed E-state index contributed by atoms with van der Waals surface area (Å²) in [6.45, 7) is 19.3. The molecule has 0 fully saturated rings. The van der Waals surface area contributed by atoms with Crippen molar-refractivity contribution in [3.05, 3.63) is 317 Å². The Kier molecular flexibility index (Phi) is 28.9. The summed E-state index contributed by atoms with van der Waals surface area (Å²) in [5.41, 5.74) is 23.9. The normalized spacial score (nSPS) is 14.7. The molecule has 3 atom stereocenters. The Balaban J connectivity index is 0.000000161. The van der Waals surface area contributed by atoms with Crippen molar-refractivity contribution in [1.82, 2.24) is 58.6 Å². The maximum absolute atomic E-state index is 14.1. The van der Waals surface area contributed by atoms with Crippen LogP contribution in [-0.4, -0.2) is 117 Å². The fourth-order valence-corrected chi connectivity index (χ4v) is 15.7. The number of rotatable bonds is 36. The number of hydrogen-bond acceptors (Lipinski definition) is 30. The number of hydrogen-bond donors (Lipinski definition) is 6. The van der Waals surface area contributed by atoms with Gasteiger partial charge in [-0.25, -0.2) is 28.1 Å². The van der Waals surface area contributed by atoms with E-state index in [1.54, 1.807) is 70.9 Å². The molecular formula is C83H85F3N15O21P3. The zero-order chi connectivity index (χ0) is 88.7. The van der Waals surface area contributed by atoms with Gasteiger partial charge in [0.2, 0.25) is 17.8 Å². The minimum Gasteiger partial charge on any atom is -0.424 e. The molecule has 654 valence electrons. The third-order valence-corrected chi connectivity index (χ3v) is 23.2. The Labute approximate surface area is 710 Å². The Morgan fingerprint density at radius 3 is 0.952 bits per heavy atom. The Morgan fingerprint density at radius 1 is 0.384 bits per heavy atom. The van der Waals surface area contributed by atoms with Crippen LogP contribution in [-0.2, 0) is 123 Å². The van der Waals surface area contributed by atoms with Crippen LogP contribution in [0.15, 0.2) is 222 Å². The van der Waals surface area contributed by atoms with Gasteiger partial charge in [-0.3, -0.25) is 56.6 Å². The molecule has 125 heavy (non-hydrogen) atoms. The SMILES string of the molecule is C=C1OC(COP(=O)(COCCn2cnc3c(=O)[nH]c(N)nc32)OCc2ccc(C)c(F)c2)=C(c2ccc(C)cc2)O1.C=C1OC(COP(=O)(COCCn2cnc3c(=O)[nH]c(N)nc32)OCc2ccc(C)c(F)c2)=C(c2ccc(C)cc2)O1.C=C1OC(COP(=O)(COCCn2cnc3c(=O)[nH]c(N)nc32)OCc2ccc(C)c(F)c2)=C(c2ccccc2)O1. The molecule has 3 unspecified atom stereocenters. The van der Waals surface area contributed by atoms with E-state index in [0.29, 0.717) is 56.2 Å². The Hall–Kier alpha value is -12.9. The summed E-state index contributed by atoms with van der Waals surface area (Å²) in [5.74, 6) is 0.665. The molecule has 0 spiro atoms. The molecule has 0 saturated heterocycles. The summed E-state index contributed by atoms with van der Waals surface area (Å²) in [4.78, 5) is 67.7. The number of aromatic nitrogens is 12. The van der Waals surface area contributed by atoms with E-state index >= 15 is 0 Å². The summed E-state index contributed by atoms with van der Waals surface area (Å²) >= 11 is 0. The summed E-state index contributed by atoms with van der Waals surface area (Å²) in [5, 5.41) is 0. The van der Waals surface area contributed by atoms with Crippen LogP contribution < -0.4 is 33.9 Å². The minimum absolute atomic E-state index is 0.0451. The third-order valence-electron chi connectivity index (χ3n) is 18.6. The van der Waals surface area contributed by atoms with Gasteiger partial charge in [-0.1, -0.05) is 126 Å². The summed E-state index contributed by atoms with van der Waals surface area (Å²) < 4.78 is 173. The molecule has 12 aromatic rings. The van der Waals surface area contributed by atoms with Crippen LogP contribution in [0.4, 0.5) is 31.0 Å². The quantitative estimate of drug-likeness (QED) is 0.0157. The van der Waals surface area contributed by atoms with Crippen molar-refractivity contribution in [1.29, 1.82) is 0 Å². The molecule has 6 aromatic heterocycles. The summed E-state index contributed by atoms with van der Waals surface area (Å²) in [6.07, 6.45) is 2.99. The number of imidazole rings is 3. The highest BCUT2D eigenvalue weighted by Gasteiger charge is 2.35. The predicted molar refractivity (Wildman–Crippen MR) is 452 cm³/mol. The van der Waals surface area contributed by atoms with Gasteiger partial charge < -0.3 is 87.1 Å². The van der Waals surface area contributed by atoms with E-state index in [4.69, 9.17) is 87.0 Å². The number of anilines is 3. The molecule has 6 aromatic carbocycles. The van der Waals surface area contributed by atoms with E-state index in [1.807, 2.05) is 92.7 Å². The molecule has 3 aliphatic rings. The number of halogens is 3. The second kappa shape index (κ2) is 40.2. The van der Waals surface area contributed by atoms with Gasteiger partial charge in [0.15, 0.2) is 68.0 Å². The molecule has 0 bridgehead atoms. The second-order valence-electron chi connectivity index (χ2n) is 28.1. The highest BCUT2D eigenvalue weighted by Crippen LogP contribution is 2.53. The van der Waals surface area contributed by atoms with Crippen molar-refractivity contribution in [2.75, 3.05) is 75.9 Å². The van der Waals surface area contributed by atoms with Crippen LogP contribution in [0.3, 0.4) is 0 Å². The first-order valence-corrected chi connectivity index (χ1v) is 43.4. The van der Waals surface area contributed by atoms with Crippen LogP contribution in [0, 0.1) is 52.1 Å². The summed E-state index contributed by atoms with van der Waals surface area (Å²) in [6, 6.07) is 38.0. The van der Waals surface area contributed by atoms with Crippen LogP contribution in [0.25, 0.3) is 50.8 Å². The van der Waals surface area contributed by atoms with Gasteiger partial charge in [-0.15, -0.1) is 0 Å². The number of nitrogens with one attached hydrogen (secondary N) is 3. The topological polar surface area (TPSA) is 458 Å². The molecule has 42 heteroatoms. The molecule has 0 amide bonds. The van der Waals surface area contributed by atoms with E-state index in [0.717, 1.165) is 22.3 Å². The maximum Gasteiger partial charge on any atom is 0.356 e. The average molecular weight is 1780 g/mol. The number of benzene rings is 6. The highest BCUT2D eigenvalue weighted by atomic mass is 31.2. The smallest absolute Gasteiger partial charge is 0.356 e. The van der Waals surface area contributed by atoms with Crippen molar-refractivity contribution >= 4 is 91.4 Å².